The van der Waals surface area contributed by atoms with Crippen molar-refractivity contribution < 1.29 is 19.1 Å². The molecule has 0 bridgehead atoms. The van der Waals surface area contributed by atoms with Crippen LogP contribution in [0.2, 0.25) is 0 Å². The summed E-state index contributed by atoms with van der Waals surface area (Å²) in [7, 11) is 0. The van der Waals surface area contributed by atoms with Crippen molar-refractivity contribution in [1.82, 2.24) is 9.88 Å². The Hall–Kier alpha value is -4.26. The van der Waals surface area contributed by atoms with Gasteiger partial charge in [-0.1, -0.05) is 24.3 Å². The zero-order chi connectivity index (χ0) is 26.6. The predicted octanol–water partition coefficient (Wildman–Crippen LogP) is 5.73. The molecule has 2 N–H and O–H groups in total. The number of carboxylic acids is 1. The van der Waals surface area contributed by atoms with E-state index in [1.807, 2.05) is 18.2 Å². The van der Waals surface area contributed by atoms with E-state index in [1.54, 1.807) is 34.9 Å². The van der Waals surface area contributed by atoms with Gasteiger partial charge in [-0.25, -0.2) is 4.39 Å². The van der Waals surface area contributed by atoms with Gasteiger partial charge in [0.1, 0.15) is 5.82 Å². The van der Waals surface area contributed by atoms with Gasteiger partial charge in [-0.2, -0.15) is 0 Å². The molecule has 1 unspecified atom stereocenters. The number of aryl methyl sites for hydroxylation is 2. The van der Waals surface area contributed by atoms with E-state index >= 15 is 0 Å². The predicted molar refractivity (Wildman–Crippen MR) is 144 cm³/mol. The number of aliphatic carboxylic acids is 1. The number of carbonyl (C=O) groups is 2. The summed E-state index contributed by atoms with van der Waals surface area (Å²) in [4.78, 5) is 37.8. The number of halogens is 1. The first kappa shape index (κ1) is 25.4. The van der Waals surface area contributed by atoms with Crippen LogP contribution in [-0.2, 0) is 17.6 Å². The zero-order valence-electron chi connectivity index (χ0n) is 21.0. The number of carboxylic acid groups (broad SMARTS) is 1. The first-order chi connectivity index (χ1) is 18.4. The van der Waals surface area contributed by atoms with Crippen molar-refractivity contribution in [2.45, 2.75) is 51.0 Å². The Kier molecular flexibility index (Phi) is 7.36. The van der Waals surface area contributed by atoms with E-state index in [0.717, 1.165) is 24.8 Å². The minimum absolute atomic E-state index is 0.0446. The molecule has 0 radical (unpaired) electrons. The number of pyridine rings is 1. The van der Waals surface area contributed by atoms with Crippen molar-refractivity contribution in [3.63, 3.8) is 0 Å². The van der Waals surface area contributed by atoms with Crippen LogP contribution in [0.4, 0.5) is 4.39 Å². The third-order valence-corrected chi connectivity index (χ3v) is 7.19. The Balaban J connectivity index is 1.48. The van der Waals surface area contributed by atoms with Crippen LogP contribution in [0, 0.1) is 5.82 Å². The summed E-state index contributed by atoms with van der Waals surface area (Å²) in [5.74, 6) is -1.46. The molecule has 1 amide bonds. The Morgan fingerprint density at radius 2 is 1.79 bits per heavy atom. The Morgan fingerprint density at radius 3 is 2.58 bits per heavy atom. The van der Waals surface area contributed by atoms with Gasteiger partial charge in [0.2, 0.25) is 0 Å². The number of rotatable bonds is 8. The lowest BCUT2D eigenvalue weighted by Gasteiger charge is -2.26. The van der Waals surface area contributed by atoms with E-state index in [1.165, 1.54) is 17.7 Å². The molecule has 7 heteroatoms. The fraction of sp³-hybridized carbons (Fsp3) is 0.258. The smallest absolute Gasteiger partial charge is 0.303 e. The zero-order valence-corrected chi connectivity index (χ0v) is 21.0. The third-order valence-electron chi connectivity index (χ3n) is 7.19. The summed E-state index contributed by atoms with van der Waals surface area (Å²) >= 11 is 0. The van der Waals surface area contributed by atoms with Crippen molar-refractivity contribution in [3.8, 4) is 5.69 Å². The molecule has 1 atom stereocenters. The van der Waals surface area contributed by atoms with E-state index in [2.05, 4.69) is 17.4 Å². The van der Waals surface area contributed by atoms with Gasteiger partial charge in [0, 0.05) is 28.8 Å². The van der Waals surface area contributed by atoms with Gasteiger partial charge < -0.3 is 10.4 Å². The van der Waals surface area contributed by atoms with E-state index in [9.17, 15) is 18.8 Å². The maximum Gasteiger partial charge on any atom is 0.303 e. The van der Waals surface area contributed by atoms with Crippen molar-refractivity contribution in [2.24, 2.45) is 0 Å². The minimum Gasteiger partial charge on any atom is -0.481 e. The summed E-state index contributed by atoms with van der Waals surface area (Å²) in [6.45, 7) is 0. The maximum absolute atomic E-state index is 13.6. The van der Waals surface area contributed by atoms with Crippen LogP contribution in [0.25, 0.3) is 16.5 Å². The molecule has 194 valence electrons. The number of fused-ring (bicyclic) bond motifs is 2. The van der Waals surface area contributed by atoms with E-state index in [-0.39, 0.29) is 23.9 Å². The normalized spacial score (nSPS) is 14.7. The highest BCUT2D eigenvalue weighted by molar-refractivity contribution is 5.98. The average molecular weight is 513 g/mol. The van der Waals surface area contributed by atoms with Crippen molar-refractivity contribution in [3.05, 3.63) is 111 Å². The molecule has 3 aromatic carbocycles. The number of benzene rings is 3. The van der Waals surface area contributed by atoms with Crippen molar-refractivity contribution >= 4 is 22.6 Å². The molecular formula is C31H29FN2O4. The molecule has 6 nitrogen and oxygen atoms in total. The van der Waals surface area contributed by atoms with Gasteiger partial charge in [0.25, 0.3) is 11.5 Å². The van der Waals surface area contributed by atoms with Crippen molar-refractivity contribution in [1.29, 1.82) is 0 Å². The fourth-order valence-electron chi connectivity index (χ4n) is 5.30. The van der Waals surface area contributed by atoms with E-state index in [0.29, 0.717) is 47.0 Å². The first-order valence-corrected chi connectivity index (χ1v) is 13.0. The van der Waals surface area contributed by atoms with Gasteiger partial charge in [-0.15, -0.1) is 0 Å². The van der Waals surface area contributed by atoms with Crippen molar-refractivity contribution in [2.75, 3.05) is 0 Å². The summed E-state index contributed by atoms with van der Waals surface area (Å²) < 4.78 is 15.1. The highest BCUT2D eigenvalue weighted by Crippen LogP contribution is 2.30. The van der Waals surface area contributed by atoms with E-state index < -0.39 is 11.8 Å². The number of unbranched alkanes of at least 4 members (excludes halogenated alkanes) is 1. The molecule has 0 fully saturated rings. The Bertz CT molecular complexity index is 1560. The van der Waals surface area contributed by atoms with Crippen LogP contribution in [-0.4, -0.2) is 21.6 Å². The second-order valence-corrected chi connectivity index (χ2v) is 9.77. The van der Waals surface area contributed by atoms with E-state index in [4.69, 9.17) is 5.11 Å². The Labute approximate surface area is 219 Å². The van der Waals surface area contributed by atoms with Gasteiger partial charge in [-0.3, -0.25) is 19.0 Å². The molecule has 1 aliphatic rings. The topological polar surface area (TPSA) is 88.4 Å². The summed E-state index contributed by atoms with van der Waals surface area (Å²) in [5, 5.41) is 13.2. The molecule has 5 rings (SSSR count). The van der Waals surface area contributed by atoms with Crippen LogP contribution in [0.15, 0.2) is 77.6 Å². The molecule has 1 aromatic heterocycles. The minimum atomic E-state index is -0.865. The number of carbonyl (C=O) groups excluding carboxylic acids is 1. The largest absolute Gasteiger partial charge is 0.481 e. The number of aromatic nitrogens is 1. The molecule has 0 spiro atoms. The maximum atomic E-state index is 13.6. The second-order valence-electron chi connectivity index (χ2n) is 9.77. The quantitative estimate of drug-likeness (QED) is 0.295. The second kappa shape index (κ2) is 11.0. The van der Waals surface area contributed by atoms with Gasteiger partial charge >= 0.3 is 5.97 Å². The lowest BCUT2D eigenvalue weighted by atomic mass is 9.87. The summed E-state index contributed by atoms with van der Waals surface area (Å²) in [6.07, 6.45) is 4.44. The molecule has 1 heterocycles. The highest BCUT2D eigenvalue weighted by Gasteiger charge is 2.22. The number of amides is 1. The molecule has 0 aliphatic heterocycles. The van der Waals surface area contributed by atoms with Crippen LogP contribution in [0.5, 0.6) is 0 Å². The van der Waals surface area contributed by atoms with Gasteiger partial charge in [-0.05, 0) is 104 Å². The number of hydrogen-bond donors (Lipinski definition) is 2. The SMILES string of the molecule is O=C(O)CCCCc1cc2cc(C(=O)NC3CCCc4ccccc43)ccc2c(=O)n1-c1ccc(F)cc1. The van der Waals surface area contributed by atoms with Crippen LogP contribution in [0.3, 0.4) is 0 Å². The summed E-state index contributed by atoms with van der Waals surface area (Å²) in [5.41, 5.74) is 3.82. The molecular weight excluding hydrogens is 483 g/mol. The average Bonchev–Trinajstić information content (AvgIpc) is 2.92. The molecule has 1 aliphatic carbocycles. The molecule has 0 saturated carbocycles. The summed E-state index contributed by atoms with van der Waals surface area (Å²) in [6, 6.07) is 20.7. The number of hydrogen-bond acceptors (Lipinski definition) is 3. The molecule has 0 saturated heterocycles. The molecule has 4 aromatic rings. The molecule has 38 heavy (non-hydrogen) atoms. The number of nitrogens with zero attached hydrogens (tertiary/aromatic N) is 1. The standard InChI is InChI=1S/C31H29FN2O4/c32-23-13-15-24(16-14-23)34-25(8-2-4-11-29(35)36)19-22-18-21(12-17-27(22)31(34)38)30(37)33-28-10-5-7-20-6-1-3-9-26(20)28/h1,3,6,9,12-19,28H,2,4-5,7-8,10-11H2,(H,33,37)(H,35,36). The van der Waals surface area contributed by atoms with Gasteiger partial charge in [0.05, 0.1) is 6.04 Å². The van der Waals surface area contributed by atoms with Crippen LogP contribution in [0.1, 0.15) is 65.3 Å². The highest BCUT2D eigenvalue weighted by atomic mass is 19.1. The lowest BCUT2D eigenvalue weighted by molar-refractivity contribution is -0.137. The van der Waals surface area contributed by atoms with Gasteiger partial charge in [0.15, 0.2) is 0 Å². The first-order valence-electron chi connectivity index (χ1n) is 13.0. The third kappa shape index (κ3) is 5.37. The Morgan fingerprint density at radius 1 is 1.00 bits per heavy atom. The number of nitrogens with one attached hydrogen (secondary N) is 1. The fourth-order valence-corrected chi connectivity index (χ4v) is 5.30. The monoisotopic (exact) mass is 512 g/mol. The van der Waals surface area contributed by atoms with Crippen LogP contribution < -0.4 is 10.9 Å². The van der Waals surface area contributed by atoms with Crippen LogP contribution >= 0.6 is 0 Å². The lowest BCUT2D eigenvalue weighted by Crippen LogP contribution is -2.31.